The Balaban J connectivity index is 1.40. The van der Waals surface area contributed by atoms with E-state index in [1.54, 1.807) is 0 Å². The first-order valence-electron chi connectivity index (χ1n) is 9.50. The fourth-order valence-corrected chi connectivity index (χ4v) is 3.85. The van der Waals surface area contributed by atoms with Crippen molar-refractivity contribution in [3.05, 3.63) is 65.6 Å². The van der Waals surface area contributed by atoms with Crippen LogP contribution in [0, 0.1) is 5.82 Å². The molecule has 0 amide bonds. The largest absolute Gasteiger partial charge is 0.369 e. The summed E-state index contributed by atoms with van der Waals surface area (Å²) >= 11 is 0. The number of H-pyrrole nitrogens is 1. The van der Waals surface area contributed by atoms with E-state index in [0.29, 0.717) is 6.54 Å². The number of hydrogen-bond donors (Lipinski definition) is 1. The Morgan fingerprint density at radius 1 is 1.07 bits per heavy atom. The van der Waals surface area contributed by atoms with Gasteiger partial charge in [0.1, 0.15) is 5.82 Å². The summed E-state index contributed by atoms with van der Waals surface area (Å²) < 4.78 is 13.1. The molecule has 4 nitrogen and oxygen atoms in total. The standard InChI is InChI=1S/C22H24FN3O/c1-2-16-4-3-5-19-20(14-24-22(16)19)21(27)15-25-10-12-26(13-11-25)18-8-6-17(23)7-9-18/h3-9,14,24H,2,10-13,15H2,1H3. The fourth-order valence-electron chi connectivity index (χ4n) is 3.85. The molecule has 0 atom stereocenters. The number of nitrogens with one attached hydrogen (secondary N) is 1. The fraction of sp³-hybridized carbons (Fsp3) is 0.318. The molecule has 0 saturated carbocycles. The number of ketones is 1. The minimum Gasteiger partial charge on any atom is -0.369 e. The number of hydrogen-bond acceptors (Lipinski definition) is 3. The number of Topliss-reactive ketones (excluding diaryl/α,β-unsaturated/α-hetero) is 1. The predicted octanol–water partition coefficient (Wildman–Crippen LogP) is 3.87. The Morgan fingerprint density at radius 3 is 2.52 bits per heavy atom. The highest BCUT2D eigenvalue weighted by molar-refractivity contribution is 6.09. The van der Waals surface area contributed by atoms with Crippen LogP contribution in [-0.2, 0) is 6.42 Å². The van der Waals surface area contributed by atoms with Gasteiger partial charge in [-0.05, 0) is 36.2 Å². The number of aromatic amines is 1. The van der Waals surface area contributed by atoms with Crippen molar-refractivity contribution >= 4 is 22.4 Å². The molecule has 1 fully saturated rings. The zero-order chi connectivity index (χ0) is 18.8. The van der Waals surface area contributed by atoms with Crippen molar-refractivity contribution in [2.24, 2.45) is 0 Å². The van der Waals surface area contributed by atoms with Gasteiger partial charge in [-0.3, -0.25) is 9.69 Å². The maximum Gasteiger partial charge on any atom is 0.178 e. The summed E-state index contributed by atoms with van der Waals surface area (Å²) in [5, 5.41) is 1.02. The van der Waals surface area contributed by atoms with E-state index in [9.17, 15) is 9.18 Å². The summed E-state index contributed by atoms with van der Waals surface area (Å²) in [6.07, 6.45) is 2.79. The van der Waals surface area contributed by atoms with Crippen LogP contribution in [0.5, 0.6) is 0 Å². The summed E-state index contributed by atoms with van der Waals surface area (Å²) in [6.45, 7) is 5.88. The van der Waals surface area contributed by atoms with Crippen molar-refractivity contribution in [1.29, 1.82) is 0 Å². The second kappa shape index (κ2) is 7.53. The van der Waals surface area contributed by atoms with Gasteiger partial charge < -0.3 is 9.88 Å². The minimum absolute atomic E-state index is 0.157. The van der Waals surface area contributed by atoms with Crippen molar-refractivity contribution in [3.63, 3.8) is 0 Å². The molecule has 3 aromatic rings. The number of aromatic nitrogens is 1. The van der Waals surface area contributed by atoms with Crippen molar-refractivity contribution in [2.75, 3.05) is 37.6 Å². The van der Waals surface area contributed by atoms with Crippen LogP contribution in [0.1, 0.15) is 22.8 Å². The molecule has 27 heavy (non-hydrogen) atoms. The second-order valence-corrected chi connectivity index (χ2v) is 7.06. The van der Waals surface area contributed by atoms with Gasteiger partial charge in [-0.1, -0.05) is 25.1 Å². The highest BCUT2D eigenvalue weighted by atomic mass is 19.1. The summed E-state index contributed by atoms with van der Waals surface area (Å²) in [4.78, 5) is 20.6. The van der Waals surface area contributed by atoms with Gasteiger partial charge in [-0.25, -0.2) is 4.39 Å². The van der Waals surface area contributed by atoms with Gasteiger partial charge in [0.15, 0.2) is 5.78 Å². The molecule has 0 unspecified atom stereocenters. The summed E-state index contributed by atoms with van der Waals surface area (Å²) in [7, 11) is 0. The van der Waals surface area contributed by atoms with Crippen molar-refractivity contribution in [1.82, 2.24) is 9.88 Å². The van der Waals surface area contributed by atoms with Gasteiger partial charge in [0.2, 0.25) is 0 Å². The highest BCUT2D eigenvalue weighted by Crippen LogP contribution is 2.23. The zero-order valence-electron chi connectivity index (χ0n) is 15.5. The van der Waals surface area contributed by atoms with Crippen LogP contribution in [0.15, 0.2) is 48.7 Å². The van der Waals surface area contributed by atoms with E-state index in [1.165, 1.54) is 17.7 Å². The van der Waals surface area contributed by atoms with E-state index in [-0.39, 0.29) is 11.6 Å². The van der Waals surface area contributed by atoms with E-state index < -0.39 is 0 Å². The normalized spacial score (nSPS) is 15.4. The van der Waals surface area contributed by atoms with Crippen molar-refractivity contribution in [3.8, 4) is 0 Å². The first-order chi connectivity index (χ1) is 13.2. The Kier molecular flexibility index (Phi) is 4.94. The third-order valence-corrected chi connectivity index (χ3v) is 5.41. The molecule has 2 aromatic carbocycles. The van der Waals surface area contributed by atoms with Crippen LogP contribution >= 0.6 is 0 Å². The molecule has 140 valence electrons. The number of rotatable bonds is 5. The number of nitrogens with zero attached hydrogens (tertiary/aromatic N) is 2. The molecule has 0 spiro atoms. The van der Waals surface area contributed by atoms with Crippen LogP contribution in [0.25, 0.3) is 10.9 Å². The molecule has 4 rings (SSSR count). The van der Waals surface area contributed by atoms with Crippen molar-refractivity contribution in [2.45, 2.75) is 13.3 Å². The topological polar surface area (TPSA) is 39.3 Å². The molecule has 1 aliphatic rings. The molecule has 0 aliphatic carbocycles. The molecule has 1 aromatic heterocycles. The lowest BCUT2D eigenvalue weighted by Gasteiger charge is -2.35. The van der Waals surface area contributed by atoms with Crippen LogP contribution in [-0.4, -0.2) is 48.4 Å². The van der Waals surface area contributed by atoms with Gasteiger partial charge in [0.05, 0.1) is 6.54 Å². The highest BCUT2D eigenvalue weighted by Gasteiger charge is 2.21. The molecule has 5 heteroatoms. The van der Waals surface area contributed by atoms with Gasteiger partial charge in [-0.15, -0.1) is 0 Å². The smallest absolute Gasteiger partial charge is 0.178 e. The van der Waals surface area contributed by atoms with Gasteiger partial charge in [-0.2, -0.15) is 0 Å². The van der Waals surface area contributed by atoms with Crippen LogP contribution in [0.4, 0.5) is 10.1 Å². The minimum atomic E-state index is -0.215. The Bertz CT molecular complexity index is 940. The number of halogens is 1. The molecule has 1 saturated heterocycles. The second-order valence-electron chi connectivity index (χ2n) is 7.06. The van der Waals surface area contributed by atoms with Crippen LogP contribution < -0.4 is 4.90 Å². The van der Waals surface area contributed by atoms with Gasteiger partial charge >= 0.3 is 0 Å². The van der Waals surface area contributed by atoms with Crippen LogP contribution in [0.3, 0.4) is 0 Å². The molecule has 0 radical (unpaired) electrons. The SMILES string of the molecule is CCc1cccc2c(C(=O)CN3CCN(c4ccc(F)cc4)CC3)c[nH]c12. The number of aryl methyl sites for hydroxylation is 1. The third-order valence-electron chi connectivity index (χ3n) is 5.41. The number of anilines is 1. The number of carbonyl (C=O) groups is 1. The molecule has 2 heterocycles. The van der Waals surface area contributed by atoms with Crippen LogP contribution in [0.2, 0.25) is 0 Å². The number of piperazine rings is 1. The average Bonchev–Trinajstić information content (AvgIpc) is 3.13. The Morgan fingerprint density at radius 2 is 1.81 bits per heavy atom. The quantitative estimate of drug-likeness (QED) is 0.698. The monoisotopic (exact) mass is 365 g/mol. The number of fused-ring (bicyclic) bond motifs is 1. The molecule has 1 aliphatic heterocycles. The number of para-hydroxylation sites is 1. The van der Waals surface area contributed by atoms with Gasteiger partial charge in [0, 0.05) is 54.5 Å². The molecular formula is C22H24FN3O. The first kappa shape index (κ1) is 17.7. The van der Waals surface area contributed by atoms with E-state index in [0.717, 1.165) is 54.8 Å². The van der Waals surface area contributed by atoms with E-state index in [1.807, 2.05) is 30.5 Å². The Labute approximate surface area is 158 Å². The van der Waals surface area contributed by atoms with Gasteiger partial charge in [0.25, 0.3) is 0 Å². The van der Waals surface area contributed by atoms with Crippen molar-refractivity contribution < 1.29 is 9.18 Å². The molecule has 0 bridgehead atoms. The lowest BCUT2D eigenvalue weighted by molar-refractivity contribution is 0.0928. The summed E-state index contributed by atoms with van der Waals surface area (Å²) in [5.74, 6) is -0.0577. The number of benzene rings is 2. The molecule has 1 N–H and O–H groups in total. The third kappa shape index (κ3) is 3.60. The maximum atomic E-state index is 13.1. The van der Waals surface area contributed by atoms with E-state index in [4.69, 9.17) is 0 Å². The lowest BCUT2D eigenvalue weighted by atomic mass is 10.0. The lowest BCUT2D eigenvalue weighted by Crippen LogP contribution is -2.48. The Hall–Kier alpha value is -2.66. The average molecular weight is 365 g/mol. The van der Waals surface area contributed by atoms with E-state index in [2.05, 4.69) is 27.8 Å². The predicted molar refractivity (Wildman–Crippen MR) is 107 cm³/mol. The number of carbonyl (C=O) groups excluding carboxylic acids is 1. The summed E-state index contributed by atoms with van der Waals surface area (Å²) in [5.41, 5.74) is 4.12. The maximum absolute atomic E-state index is 13.1. The summed E-state index contributed by atoms with van der Waals surface area (Å²) in [6, 6.07) is 12.8. The first-order valence-corrected chi connectivity index (χ1v) is 9.50. The zero-order valence-corrected chi connectivity index (χ0v) is 15.5. The molecular weight excluding hydrogens is 341 g/mol. The van der Waals surface area contributed by atoms with E-state index >= 15 is 0 Å².